The molecule has 1 aliphatic rings. The number of hydrogen-bond acceptors (Lipinski definition) is 4. The molecule has 1 atom stereocenters. The van der Waals surface area contributed by atoms with Gasteiger partial charge in [0.2, 0.25) is 0 Å². The summed E-state index contributed by atoms with van der Waals surface area (Å²) in [6.07, 6.45) is 1.91. The Labute approximate surface area is 198 Å². The molecule has 6 heteroatoms. The van der Waals surface area contributed by atoms with Gasteiger partial charge in [-0.05, 0) is 49.7 Å². The molecule has 1 aliphatic heterocycles. The average Bonchev–Trinajstić information content (AvgIpc) is 2.93. The van der Waals surface area contributed by atoms with Crippen molar-refractivity contribution in [1.29, 1.82) is 5.41 Å². The molecule has 1 aromatic carbocycles. The maximum Gasteiger partial charge on any atom is 0.182 e. The predicted octanol–water partition coefficient (Wildman–Crippen LogP) is 5.86. The highest BCUT2D eigenvalue weighted by atomic mass is 79.9. The number of phenolic OH excluding ortho intramolecular Hbond substituents is 1. The van der Waals surface area contributed by atoms with Gasteiger partial charge < -0.3 is 14.7 Å². The summed E-state index contributed by atoms with van der Waals surface area (Å²) in [4.78, 5) is 15.1. The molecule has 1 unspecified atom stereocenters. The molecule has 0 amide bonds. The lowest BCUT2D eigenvalue weighted by atomic mass is 9.78. The first-order valence-corrected chi connectivity index (χ1v) is 11.1. The lowest BCUT2D eigenvalue weighted by molar-refractivity contribution is 0.0728. The van der Waals surface area contributed by atoms with E-state index in [4.69, 9.17) is 10.1 Å². The zero-order chi connectivity index (χ0) is 22.9. The van der Waals surface area contributed by atoms with Gasteiger partial charge in [-0.2, -0.15) is 0 Å². The Morgan fingerprint density at radius 2 is 1.68 bits per heavy atom. The number of ketones is 1. The first kappa shape index (κ1) is 27.6. The van der Waals surface area contributed by atoms with Crippen LogP contribution >= 0.6 is 17.0 Å². The molecular weight excluding hydrogens is 456 g/mol. The molecule has 176 valence electrons. The Hall–Kier alpha value is -1.40. The largest absolute Gasteiger partial charge is 0.507 e. The lowest BCUT2D eigenvalue weighted by Gasteiger charge is -2.28. The van der Waals surface area contributed by atoms with Crippen LogP contribution in [0.1, 0.15) is 89.7 Å². The van der Waals surface area contributed by atoms with Crippen LogP contribution in [0.4, 0.5) is 0 Å². The summed E-state index contributed by atoms with van der Waals surface area (Å²) in [5.74, 6) is 0.980. The number of nitrogens with zero attached hydrogens (tertiary/aromatic N) is 1. The number of carbonyl (C=O) groups is 1. The summed E-state index contributed by atoms with van der Waals surface area (Å²) < 4.78 is 5.63. The standard InChI is InChI=1S/C25H40N2O3.BrH/c1-16(2)30-12-10-17-9-11-27(23(17)26)15-21(28)18-13-19(24(3,4)5)22(29)20(14-18)25(6,7)8;/h13-14,16-17,26,29H,9-12,15H2,1-8H3;1H. The van der Waals surface area contributed by atoms with Crippen molar-refractivity contribution < 1.29 is 14.6 Å². The number of nitrogens with one attached hydrogen (secondary N) is 1. The van der Waals surface area contributed by atoms with E-state index in [1.54, 1.807) is 0 Å². The number of Topliss-reactive ketones (excluding diaryl/α,β-unsaturated/α-hetero) is 1. The van der Waals surface area contributed by atoms with Crippen molar-refractivity contribution in [2.75, 3.05) is 19.7 Å². The highest BCUT2D eigenvalue weighted by Crippen LogP contribution is 2.40. The van der Waals surface area contributed by atoms with E-state index >= 15 is 0 Å². The summed E-state index contributed by atoms with van der Waals surface area (Å²) >= 11 is 0. The minimum atomic E-state index is -0.276. The van der Waals surface area contributed by atoms with Crippen LogP contribution in [-0.4, -0.2) is 47.4 Å². The monoisotopic (exact) mass is 496 g/mol. The van der Waals surface area contributed by atoms with E-state index in [9.17, 15) is 9.90 Å². The van der Waals surface area contributed by atoms with Crippen LogP contribution in [0, 0.1) is 11.3 Å². The zero-order valence-electron chi connectivity index (χ0n) is 20.5. The maximum atomic E-state index is 13.2. The first-order chi connectivity index (χ1) is 13.7. The van der Waals surface area contributed by atoms with Crippen LogP contribution in [0.25, 0.3) is 0 Å². The molecule has 31 heavy (non-hydrogen) atoms. The third kappa shape index (κ3) is 7.04. The van der Waals surface area contributed by atoms with E-state index < -0.39 is 0 Å². The van der Waals surface area contributed by atoms with Crippen LogP contribution in [0.15, 0.2) is 12.1 Å². The number of likely N-dealkylation sites (tertiary alicyclic amines) is 1. The topological polar surface area (TPSA) is 73.6 Å². The van der Waals surface area contributed by atoms with Crippen molar-refractivity contribution in [2.45, 2.75) is 85.2 Å². The maximum absolute atomic E-state index is 13.2. The molecule has 0 aromatic heterocycles. The molecule has 1 aromatic rings. The van der Waals surface area contributed by atoms with Gasteiger partial charge in [-0.15, -0.1) is 17.0 Å². The van der Waals surface area contributed by atoms with Gasteiger partial charge >= 0.3 is 0 Å². The number of phenols is 1. The Balaban J connectivity index is 0.00000480. The molecule has 2 rings (SSSR count). The van der Waals surface area contributed by atoms with Crippen LogP contribution in [0.2, 0.25) is 0 Å². The van der Waals surface area contributed by atoms with Gasteiger partial charge in [0.1, 0.15) is 5.75 Å². The fourth-order valence-electron chi connectivity index (χ4n) is 3.92. The average molecular weight is 498 g/mol. The van der Waals surface area contributed by atoms with E-state index in [0.717, 1.165) is 30.5 Å². The molecule has 1 fully saturated rings. The number of rotatable bonds is 7. The highest BCUT2D eigenvalue weighted by Gasteiger charge is 2.31. The van der Waals surface area contributed by atoms with E-state index in [2.05, 4.69) is 0 Å². The van der Waals surface area contributed by atoms with Crippen molar-refractivity contribution in [2.24, 2.45) is 5.92 Å². The molecule has 0 aliphatic carbocycles. The summed E-state index contributed by atoms with van der Waals surface area (Å²) in [5.41, 5.74) is 1.64. The molecule has 0 radical (unpaired) electrons. The van der Waals surface area contributed by atoms with Crippen LogP contribution in [-0.2, 0) is 15.6 Å². The smallest absolute Gasteiger partial charge is 0.182 e. The van der Waals surface area contributed by atoms with Crippen molar-refractivity contribution in [1.82, 2.24) is 4.90 Å². The van der Waals surface area contributed by atoms with Gasteiger partial charge in [-0.1, -0.05) is 41.5 Å². The molecule has 5 nitrogen and oxygen atoms in total. The van der Waals surface area contributed by atoms with Crippen molar-refractivity contribution in [3.8, 4) is 5.75 Å². The van der Waals surface area contributed by atoms with Crippen LogP contribution in [0.3, 0.4) is 0 Å². The second kappa shape index (κ2) is 10.5. The van der Waals surface area contributed by atoms with E-state index in [1.807, 2.05) is 72.4 Å². The summed E-state index contributed by atoms with van der Waals surface area (Å²) in [6, 6.07) is 3.67. The van der Waals surface area contributed by atoms with Crippen LogP contribution < -0.4 is 0 Å². The molecule has 0 bridgehead atoms. The van der Waals surface area contributed by atoms with E-state index in [-0.39, 0.29) is 57.9 Å². The molecule has 0 spiro atoms. The second-order valence-electron chi connectivity index (χ2n) is 10.8. The van der Waals surface area contributed by atoms with E-state index in [1.165, 1.54) is 0 Å². The summed E-state index contributed by atoms with van der Waals surface area (Å²) in [6.45, 7) is 17.9. The Kier molecular flexibility index (Phi) is 9.34. The normalized spacial score (nSPS) is 17.3. The molecular formula is C25H41BrN2O3. The van der Waals surface area contributed by atoms with Gasteiger partial charge in [0.15, 0.2) is 5.78 Å². The van der Waals surface area contributed by atoms with Gasteiger partial charge in [-0.3, -0.25) is 10.2 Å². The zero-order valence-corrected chi connectivity index (χ0v) is 22.2. The Morgan fingerprint density at radius 3 is 2.13 bits per heavy atom. The predicted molar refractivity (Wildman–Crippen MR) is 133 cm³/mol. The number of halogens is 1. The number of amidine groups is 1. The van der Waals surface area contributed by atoms with E-state index in [0.29, 0.717) is 18.0 Å². The minimum absolute atomic E-state index is 0. The van der Waals surface area contributed by atoms with Crippen molar-refractivity contribution in [3.63, 3.8) is 0 Å². The summed E-state index contributed by atoms with van der Waals surface area (Å²) in [5, 5.41) is 19.4. The fraction of sp³-hybridized carbons (Fsp3) is 0.680. The second-order valence-corrected chi connectivity index (χ2v) is 10.8. The van der Waals surface area contributed by atoms with Gasteiger partial charge in [0, 0.05) is 35.8 Å². The number of ether oxygens (including phenoxy) is 1. The molecule has 1 saturated heterocycles. The quantitative estimate of drug-likeness (QED) is 0.463. The lowest BCUT2D eigenvalue weighted by Crippen LogP contribution is -2.33. The first-order valence-electron chi connectivity index (χ1n) is 11.1. The van der Waals surface area contributed by atoms with Gasteiger partial charge in [0.05, 0.1) is 18.5 Å². The SMILES string of the molecule is Br.CC(C)OCCC1CCN(CC(=O)c2cc(C(C)(C)C)c(O)c(C(C)(C)C)c2)C1=N. The Bertz CT molecular complexity index is 756. The number of aromatic hydroxyl groups is 1. The van der Waals surface area contributed by atoms with Crippen LogP contribution in [0.5, 0.6) is 5.75 Å². The number of benzene rings is 1. The number of carbonyl (C=O) groups excluding carboxylic acids is 1. The molecule has 2 N–H and O–H groups in total. The molecule has 1 heterocycles. The highest BCUT2D eigenvalue weighted by molar-refractivity contribution is 8.93. The van der Waals surface area contributed by atoms with Crippen molar-refractivity contribution >= 4 is 28.6 Å². The fourth-order valence-corrected chi connectivity index (χ4v) is 3.92. The van der Waals surface area contributed by atoms with Crippen molar-refractivity contribution in [3.05, 3.63) is 28.8 Å². The third-order valence-corrected chi connectivity index (χ3v) is 5.77. The Morgan fingerprint density at radius 1 is 1.16 bits per heavy atom. The summed E-state index contributed by atoms with van der Waals surface area (Å²) in [7, 11) is 0. The van der Waals surface area contributed by atoms with Gasteiger partial charge in [-0.25, -0.2) is 0 Å². The molecule has 0 saturated carbocycles. The third-order valence-electron chi connectivity index (χ3n) is 5.77. The minimum Gasteiger partial charge on any atom is -0.507 e. The number of hydrogen-bond donors (Lipinski definition) is 2. The van der Waals surface area contributed by atoms with Gasteiger partial charge in [0.25, 0.3) is 0 Å².